The first-order chi connectivity index (χ1) is 10.4. The molecule has 0 aliphatic heterocycles. The Bertz CT molecular complexity index is 605. The molecule has 0 amide bonds. The van der Waals surface area contributed by atoms with E-state index in [-0.39, 0.29) is 5.88 Å². The summed E-state index contributed by atoms with van der Waals surface area (Å²) in [5.74, 6) is -0.00652. The summed E-state index contributed by atoms with van der Waals surface area (Å²) in [6, 6.07) is 3.34. The molecule has 0 spiro atoms. The van der Waals surface area contributed by atoms with Gasteiger partial charge >= 0.3 is 6.18 Å². The van der Waals surface area contributed by atoms with Gasteiger partial charge in [-0.2, -0.15) is 18.3 Å². The third kappa shape index (κ3) is 4.45. The number of aryl methyl sites for hydroxylation is 2. The molecular formula is C14H17F3N4O. The number of nitrogens with one attached hydrogen (secondary N) is 2. The average Bonchev–Trinajstić information content (AvgIpc) is 2.77. The van der Waals surface area contributed by atoms with Crippen LogP contribution < -0.4 is 10.1 Å². The number of pyridine rings is 1. The SMILES string of the molecule is Cc1n[nH]c(C)c1CNCc1cccnc1OCC(F)(F)F. The van der Waals surface area contributed by atoms with E-state index in [1.807, 2.05) is 13.8 Å². The second kappa shape index (κ2) is 6.78. The standard InChI is InChI=1S/C14H17F3N4O/c1-9-12(10(2)21-20-9)7-18-6-11-4-3-5-19-13(11)22-8-14(15,16)17/h3-5,18H,6-8H2,1-2H3,(H,20,21). The lowest BCUT2D eigenvalue weighted by atomic mass is 10.2. The van der Waals surface area contributed by atoms with Crippen molar-refractivity contribution in [1.82, 2.24) is 20.5 Å². The van der Waals surface area contributed by atoms with Crippen LogP contribution >= 0.6 is 0 Å². The summed E-state index contributed by atoms with van der Waals surface area (Å²) in [4.78, 5) is 3.85. The van der Waals surface area contributed by atoms with Gasteiger partial charge in [-0.1, -0.05) is 6.07 Å². The number of hydrogen-bond acceptors (Lipinski definition) is 4. The fourth-order valence-corrected chi connectivity index (χ4v) is 2.00. The van der Waals surface area contributed by atoms with Gasteiger partial charge in [-0.3, -0.25) is 5.10 Å². The van der Waals surface area contributed by atoms with Crippen LogP contribution in [0.3, 0.4) is 0 Å². The van der Waals surface area contributed by atoms with Gasteiger partial charge in [-0.15, -0.1) is 0 Å². The molecule has 0 fully saturated rings. The van der Waals surface area contributed by atoms with Crippen LogP contribution in [-0.2, 0) is 13.1 Å². The van der Waals surface area contributed by atoms with E-state index in [0.29, 0.717) is 18.7 Å². The third-order valence-corrected chi connectivity index (χ3v) is 3.12. The number of halogens is 3. The molecular weight excluding hydrogens is 297 g/mol. The minimum absolute atomic E-state index is 0.00652. The zero-order valence-corrected chi connectivity index (χ0v) is 12.3. The molecule has 0 bridgehead atoms. The number of aromatic amines is 1. The van der Waals surface area contributed by atoms with E-state index in [9.17, 15) is 13.2 Å². The number of aromatic nitrogens is 3. The summed E-state index contributed by atoms with van der Waals surface area (Å²) < 4.78 is 41.4. The zero-order chi connectivity index (χ0) is 16.2. The highest BCUT2D eigenvalue weighted by Gasteiger charge is 2.29. The van der Waals surface area contributed by atoms with E-state index in [1.54, 1.807) is 12.1 Å². The van der Waals surface area contributed by atoms with Crippen LogP contribution in [0.15, 0.2) is 18.3 Å². The largest absolute Gasteiger partial charge is 0.468 e. The number of ether oxygens (including phenoxy) is 1. The summed E-state index contributed by atoms with van der Waals surface area (Å²) in [6.45, 7) is 3.37. The molecule has 0 aromatic carbocycles. The lowest BCUT2D eigenvalue weighted by Gasteiger charge is -2.12. The Morgan fingerprint density at radius 2 is 2.05 bits per heavy atom. The Balaban J connectivity index is 1.95. The molecule has 2 heterocycles. The molecule has 2 aromatic rings. The summed E-state index contributed by atoms with van der Waals surface area (Å²) in [6.07, 6.45) is -2.98. The van der Waals surface area contributed by atoms with Gasteiger partial charge in [0.1, 0.15) is 0 Å². The molecule has 0 aliphatic carbocycles. The van der Waals surface area contributed by atoms with E-state index in [2.05, 4.69) is 20.5 Å². The van der Waals surface area contributed by atoms with E-state index < -0.39 is 12.8 Å². The molecule has 120 valence electrons. The first-order valence-corrected chi connectivity index (χ1v) is 6.71. The highest BCUT2D eigenvalue weighted by molar-refractivity contribution is 5.26. The van der Waals surface area contributed by atoms with Crippen LogP contribution in [0.2, 0.25) is 0 Å². The molecule has 2 aromatic heterocycles. The lowest BCUT2D eigenvalue weighted by Crippen LogP contribution is -2.21. The first kappa shape index (κ1) is 16.3. The number of nitrogens with zero attached hydrogens (tertiary/aromatic N) is 2. The topological polar surface area (TPSA) is 62.8 Å². The van der Waals surface area contributed by atoms with Gasteiger partial charge < -0.3 is 10.1 Å². The maximum atomic E-state index is 12.2. The van der Waals surface area contributed by atoms with Crippen molar-refractivity contribution >= 4 is 0 Å². The van der Waals surface area contributed by atoms with E-state index in [4.69, 9.17) is 4.74 Å². The van der Waals surface area contributed by atoms with Crippen molar-refractivity contribution in [3.8, 4) is 5.88 Å². The van der Waals surface area contributed by atoms with Gasteiger partial charge in [0, 0.05) is 36.1 Å². The highest BCUT2D eigenvalue weighted by atomic mass is 19.4. The first-order valence-electron chi connectivity index (χ1n) is 6.71. The quantitative estimate of drug-likeness (QED) is 0.860. The monoisotopic (exact) mass is 314 g/mol. The predicted octanol–water partition coefficient (Wildman–Crippen LogP) is 2.65. The molecule has 0 unspecified atom stereocenters. The molecule has 5 nitrogen and oxygen atoms in total. The van der Waals surface area contributed by atoms with Gasteiger partial charge in [0.15, 0.2) is 6.61 Å². The van der Waals surface area contributed by atoms with Crippen LogP contribution in [0.25, 0.3) is 0 Å². The maximum absolute atomic E-state index is 12.2. The molecule has 2 rings (SSSR count). The van der Waals surface area contributed by atoms with Crippen molar-refractivity contribution in [1.29, 1.82) is 0 Å². The van der Waals surface area contributed by atoms with Crippen molar-refractivity contribution < 1.29 is 17.9 Å². The summed E-state index contributed by atoms with van der Waals surface area (Å²) in [5, 5.41) is 10.1. The third-order valence-electron chi connectivity index (χ3n) is 3.12. The van der Waals surface area contributed by atoms with Crippen LogP contribution in [0, 0.1) is 13.8 Å². The Morgan fingerprint density at radius 1 is 1.27 bits per heavy atom. The van der Waals surface area contributed by atoms with Gasteiger partial charge in [-0.25, -0.2) is 4.98 Å². The molecule has 0 saturated heterocycles. The minimum Gasteiger partial charge on any atom is -0.468 e. The molecule has 0 radical (unpaired) electrons. The van der Waals surface area contributed by atoms with Crippen LogP contribution in [0.1, 0.15) is 22.5 Å². The van der Waals surface area contributed by atoms with E-state index in [1.165, 1.54) is 6.20 Å². The molecule has 0 atom stereocenters. The fourth-order valence-electron chi connectivity index (χ4n) is 2.00. The molecule has 2 N–H and O–H groups in total. The zero-order valence-electron chi connectivity index (χ0n) is 12.3. The van der Waals surface area contributed by atoms with Gasteiger partial charge in [0.25, 0.3) is 0 Å². The molecule has 8 heteroatoms. The Labute approximate surface area is 125 Å². The number of hydrogen-bond donors (Lipinski definition) is 2. The summed E-state index contributed by atoms with van der Waals surface area (Å²) >= 11 is 0. The van der Waals surface area contributed by atoms with E-state index in [0.717, 1.165) is 17.0 Å². The maximum Gasteiger partial charge on any atom is 0.422 e. The van der Waals surface area contributed by atoms with Gasteiger partial charge in [0.05, 0.1) is 5.69 Å². The minimum atomic E-state index is -4.38. The summed E-state index contributed by atoms with van der Waals surface area (Å²) in [5.41, 5.74) is 3.47. The van der Waals surface area contributed by atoms with Crippen molar-refractivity contribution in [3.05, 3.63) is 40.8 Å². The number of rotatable bonds is 6. The smallest absolute Gasteiger partial charge is 0.422 e. The van der Waals surface area contributed by atoms with Crippen LogP contribution in [-0.4, -0.2) is 28.0 Å². The van der Waals surface area contributed by atoms with Gasteiger partial charge in [-0.05, 0) is 19.9 Å². The van der Waals surface area contributed by atoms with Crippen molar-refractivity contribution in [2.45, 2.75) is 33.1 Å². The van der Waals surface area contributed by atoms with Crippen molar-refractivity contribution in [2.75, 3.05) is 6.61 Å². The fraction of sp³-hybridized carbons (Fsp3) is 0.429. The lowest BCUT2D eigenvalue weighted by molar-refractivity contribution is -0.154. The van der Waals surface area contributed by atoms with E-state index >= 15 is 0 Å². The number of alkyl halides is 3. The van der Waals surface area contributed by atoms with Crippen LogP contribution in [0.4, 0.5) is 13.2 Å². The molecule has 0 saturated carbocycles. The Morgan fingerprint density at radius 3 is 2.68 bits per heavy atom. The second-order valence-electron chi connectivity index (χ2n) is 4.89. The molecule has 22 heavy (non-hydrogen) atoms. The normalized spacial score (nSPS) is 11.7. The van der Waals surface area contributed by atoms with Crippen LogP contribution in [0.5, 0.6) is 5.88 Å². The second-order valence-corrected chi connectivity index (χ2v) is 4.89. The Kier molecular flexibility index (Phi) is 5.02. The highest BCUT2D eigenvalue weighted by Crippen LogP contribution is 2.20. The van der Waals surface area contributed by atoms with Gasteiger partial charge in [0.2, 0.25) is 5.88 Å². The Hall–Kier alpha value is -2.09. The summed E-state index contributed by atoms with van der Waals surface area (Å²) in [7, 11) is 0. The van der Waals surface area contributed by atoms with Crippen molar-refractivity contribution in [2.24, 2.45) is 0 Å². The molecule has 0 aliphatic rings. The number of H-pyrrole nitrogens is 1. The average molecular weight is 314 g/mol. The predicted molar refractivity (Wildman–Crippen MR) is 74.4 cm³/mol. The van der Waals surface area contributed by atoms with Crippen molar-refractivity contribution in [3.63, 3.8) is 0 Å².